The number of halogens is 1. The molecular weight excluding hydrogens is 441 g/mol. The molecule has 1 heterocycles. The molecule has 2 atom stereocenters. The number of fused-ring (bicyclic) bond motifs is 2. The zero-order chi connectivity index (χ0) is 24.4. The number of ether oxygens (including phenoxy) is 1. The van der Waals surface area contributed by atoms with Crippen molar-refractivity contribution in [1.29, 1.82) is 0 Å². The first kappa shape index (κ1) is 23.1. The minimum Gasteiger partial charge on any atom is -0.489 e. The van der Waals surface area contributed by atoms with Crippen molar-refractivity contribution >= 4 is 16.7 Å². The molecule has 4 aromatic carbocycles. The highest BCUT2D eigenvalue weighted by molar-refractivity contribution is 5.89. The summed E-state index contributed by atoms with van der Waals surface area (Å²) in [6.45, 7) is 3.24. The van der Waals surface area contributed by atoms with E-state index in [4.69, 9.17) is 4.74 Å². The molecule has 1 aliphatic rings. The van der Waals surface area contributed by atoms with E-state index in [9.17, 15) is 14.3 Å². The summed E-state index contributed by atoms with van der Waals surface area (Å²) in [4.78, 5) is 11.7. The molecule has 4 aromatic rings. The van der Waals surface area contributed by atoms with E-state index in [0.29, 0.717) is 17.5 Å². The fraction of sp³-hybridized carbons (Fsp3) is 0.233. The SMILES string of the molecule is Cc1ccc([C@@H]2C[C@H](CNCCc3ccc(F)c4ccccc34)Oc3ccccc32)cc1C(=O)O. The second kappa shape index (κ2) is 9.88. The van der Waals surface area contributed by atoms with Gasteiger partial charge in [0.05, 0.1) is 5.56 Å². The van der Waals surface area contributed by atoms with Crippen LogP contribution in [0.2, 0.25) is 0 Å². The molecule has 4 nitrogen and oxygen atoms in total. The highest BCUT2D eigenvalue weighted by Crippen LogP contribution is 2.40. The Morgan fingerprint density at radius 2 is 1.80 bits per heavy atom. The number of aryl methyl sites for hydroxylation is 1. The van der Waals surface area contributed by atoms with Crippen LogP contribution >= 0.6 is 0 Å². The summed E-state index contributed by atoms with van der Waals surface area (Å²) >= 11 is 0. The standard InChI is InChI=1S/C30H28FNO3/c1-19-10-11-21(16-26(19)30(33)34)27-17-22(35-29-9-5-4-8-25(27)29)18-32-15-14-20-12-13-28(31)24-7-3-2-6-23(20)24/h2-13,16,22,27,32H,14-15,17-18H2,1H3,(H,33,34)/t22-,27+/m1/s1. The normalized spacial score (nSPS) is 17.1. The third kappa shape index (κ3) is 4.77. The van der Waals surface area contributed by atoms with E-state index in [1.807, 2.05) is 67.6 Å². The Labute approximate surface area is 204 Å². The number of aromatic carboxylic acids is 1. The third-order valence-electron chi connectivity index (χ3n) is 6.89. The second-order valence-electron chi connectivity index (χ2n) is 9.15. The van der Waals surface area contributed by atoms with Gasteiger partial charge in [0.1, 0.15) is 17.7 Å². The fourth-order valence-electron chi connectivity index (χ4n) is 5.05. The smallest absolute Gasteiger partial charge is 0.335 e. The molecule has 0 fully saturated rings. The van der Waals surface area contributed by atoms with Gasteiger partial charge in [-0.25, -0.2) is 9.18 Å². The lowest BCUT2D eigenvalue weighted by molar-refractivity contribution is 0.0696. The molecule has 1 aliphatic heterocycles. The highest BCUT2D eigenvalue weighted by Gasteiger charge is 2.29. The van der Waals surface area contributed by atoms with Crippen LogP contribution in [-0.2, 0) is 6.42 Å². The molecule has 0 bridgehead atoms. The number of carboxylic acids is 1. The van der Waals surface area contributed by atoms with Crippen molar-refractivity contribution in [2.75, 3.05) is 13.1 Å². The summed E-state index contributed by atoms with van der Waals surface area (Å²) in [5.41, 5.74) is 4.29. The molecule has 0 unspecified atom stereocenters. The van der Waals surface area contributed by atoms with Gasteiger partial charge in [0.2, 0.25) is 0 Å². The number of para-hydroxylation sites is 1. The van der Waals surface area contributed by atoms with Gasteiger partial charge in [-0.3, -0.25) is 0 Å². The summed E-state index contributed by atoms with van der Waals surface area (Å²) in [5, 5.41) is 14.7. The van der Waals surface area contributed by atoms with Crippen LogP contribution in [0.25, 0.3) is 10.8 Å². The molecule has 0 radical (unpaired) electrons. The van der Waals surface area contributed by atoms with Crippen LogP contribution in [0.1, 0.15) is 45.0 Å². The minimum atomic E-state index is -0.906. The number of hydrogen-bond acceptors (Lipinski definition) is 3. The molecule has 2 N–H and O–H groups in total. The summed E-state index contributed by atoms with van der Waals surface area (Å²) in [6.07, 6.45) is 1.49. The Hall–Kier alpha value is -3.70. The van der Waals surface area contributed by atoms with E-state index < -0.39 is 5.97 Å². The minimum absolute atomic E-state index is 0.0468. The van der Waals surface area contributed by atoms with E-state index in [-0.39, 0.29) is 17.8 Å². The molecule has 0 spiro atoms. The number of carbonyl (C=O) groups is 1. The molecule has 0 saturated heterocycles. The first-order valence-electron chi connectivity index (χ1n) is 12.0. The van der Waals surface area contributed by atoms with Crippen LogP contribution in [-0.4, -0.2) is 30.3 Å². The number of hydrogen-bond donors (Lipinski definition) is 2. The van der Waals surface area contributed by atoms with Gasteiger partial charge in [0.25, 0.3) is 0 Å². The summed E-state index contributed by atoms with van der Waals surface area (Å²) in [5.74, 6) is -0.194. The summed E-state index contributed by atoms with van der Waals surface area (Å²) in [6, 6.07) is 24.7. The van der Waals surface area contributed by atoms with Gasteiger partial charge in [0.15, 0.2) is 0 Å². The first-order valence-corrected chi connectivity index (χ1v) is 12.0. The van der Waals surface area contributed by atoms with Crippen LogP contribution in [0.5, 0.6) is 5.75 Å². The second-order valence-corrected chi connectivity index (χ2v) is 9.15. The maximum Gasteiger partial charge on any atom is 0.335 e. The van der Waals surface area contributed by atoms with Crippen molar-refractivity contribution in [3.63, 3.8) is 0 Å². The summed E-state index contributed by atoms with van der Waals surface area (Å²) in [7, 11) is 0. The molecule has 178 valence electrons. The Balaban J connectivity index is 1.29. The molecule has 35 heavy (non-hydrogen) atoms. The van der Waals surface area contributed by atoms with Gasteiger partial charge >= 0.3 is 5.97 Å². The highest BCUT2D eigenvalue weighted by atomic mass is 19.1. The molecule has 5 heteroatoms. The molecular formula is C30H28FNO3. The maximum absolute atomic E-state index is 14.1. The largest absolute Gasteiger partial charge is 0.489 e. The van der Waals surface area contributed by atoms with Crippen molar-refractivity contribution in [3.8, 4) is 5.75 Å². The fourth-order valence-corrected chi connectivity index (χ4v) is 5.05. The number of nitrogens with one attached hydrogen (secondary N) is 1. The van der Waals surface area contributed by atoms with E-state index in [0.717, 1.165) is 52.8 Å². The van der Waals surface area contributed by atoms with Crippen molar-refractivity contribution in [2.45, 2.75) is 31.8 Å². The maximum atomic E-state index is 14.1. The zero-order valence-electron chi connectivity index (χ0n) is 19.6. The van der Waals surface area contributed by atoms with Gasteiger partial charge in [-0.15, -0.1) is 0 Å². The quantitative estimate of drug-likeness (QED) is 0.321. The summed E-state index contributed by atoms with van der Waals surface area (Å²) < 4.78 is 20.4. The lowest BCUT2D eigenvalue weighted by atomic mass is 9.83. The number of carboxylic acid groups (broad SMARTS) is 1. The van der Waals surface area contributed by atoms with Gasteiger partial charge < -0.3 is 15.2 Å². The third-order valence-corrected chi connectivity index (χ3v) is 6.89. The van der Waals surface area contributed by atoms with Crippen molar-refractivity contribution < 1.29 is 19.0 Å². The topological polar surface area (TPSA) is 58.6 Å². The van der Waals surface area contributed by atoms with Gasteiger partial charge in [-0.2, -0.15) is 0 Å². The van der Waals surface area contributed by atoms with Crippen LogP contribution in [0.15, 0.2) is 78.9 Å². The van der Waals surface area contributed by atoms with Crippen LogP contribution in [0.3, 0.4) is 0 Å². The van der Waals surface area contributed by atoms with Gasteiger partial charge in [-0.05, 0) is 66.6 Å². The predicted molar refractivity (Wildman–Crippen MR) is 136 cm³/mol. The van der Waals surface area contributed by atoms with Crippen LogP contribution in [0.4, 0.5) is 4.39 Å². The molecule has 0 aliphatic carbocycles. The lowest BCUT2D eigenvalue weighted by Crippen LogP contribution is -2.36. The predicted octanol–water partition coefficient (Wildman–Crippen LogP) is 6.10. The number of benzene rings is 4. The Kier molecular flexibility index (Phi) is 6.51. The van der Waals surface area contributed by atoms with Crippen molar-refractivity contribution in [1.82, 2.24) is 5.32 Å². The van der Waals surface area contributed by atoms with E-state index in [1.165, 1.54) is 6.07 Å². The van der Waals surface area contributed by atoms with E-state index >= 15 is 0 Å². The Morgan fingerprint density at radius 1 is 1.03 bits per heavy atom. The Bertz CT molecular complexity index is 1380. The van der Waals surface area contributed by atoms with Crippen LogP contribution in [0, 0.1) is 12.7 Å². The van der Waals surface area contributed by atoms with E-state index in [1.54, 1.807) is 6.07 Å². The average Bonchev–Trinajstić information content (AvgIpc) is 2.87. The first-order chi connectivity index (χ1) is 17.0. The lowest BCUT2D eigenvalue weighted by Gasteiger charge is -2.33. The molecule has 0 saturated carbocycles. The van der Waals surface area contributed by atoms with E-state index in [2.05, 4.69) is 11.4 Å². The van der Waals surface area contributed by atoms with Gasteiger partial charge in [-0.1, -0.05) is 60.7 Å². The van der Waals surface area contributed by atoms with Crippen LogP contribution < -0.4 is 10.1 Å². The van der Waals surface area contributed by atoms with Crippen molar-refractivity contribution in [2.24, 2.45) is 0 Å². The zero-order valence-corrected chi connectivity index (χ0v) is 19.6. The number of rotatable bonds is 7. The molecule has 5 rings (SSSR count). The van der Waals surface area contributed by atoms with Gasteiger partial charge in [0, 0.05) is 23.4 Å². The molecule has 0 amide bonds. The Morgan fingerprint density at radius 3 is 2.63 bits per heavy atom. The van der Waals surface area contributed by atoms with Crippen molar-refractivity contribution in [3.05, 3.63) is 112 Å². The average molecular weight is 470 g/mol. The molecule has 0 aromatic heterocycles. The monoisotopic (exact) mass is 469 g/mol.